The molecular weight excluding hydrogens is 526 g/mol. The van der Waals surface area contributed by atoms with Gasteiger partial charge in [-0.15, -0.1) is 0 Å². The number of rotatable bonds is 15. The number of aromatic nitrogens is 3. The first-order valence-electron chi connectivity index (χ1n) is 13.9. The number of imidazole rings is 1. The fourth-order valence-electron chi connectivity index (χ4n) is 4.64. The Morgan fingerprint density at radius 3 is 2.29 bits per heavy atom. The third-order valence-corrected chi connectivity index (χ3v) is 7.18. The number of fused-ring (bicyclic) bond motifs is 1. The van der Waals surface area contributed by atoms with Gasteiger partial charge in [-0.2, -0.15) is 0 Å². The molecule has 0 bridgehead atoms. The normalized spacial score (nSPS) is 15.1. The largest absolute Gasteiger partial charge is 0.480 e. The van der Waals surface area contributed by atoms with Crippen LogP contribution in [0.2, 0.25) is 0 Å². The fourth-order valence-corrected chi connectivity index (χ4v) is 4.64. The minimum atomic E-state index is -1.16. The van der Waals surface area contributed by atoms with Crippen LogP contribution in [-0.2, 0) is 32.0 Å². The Morgan fingerprint density at radius 1 is 0.951 bits per heavy atom. The monoisotopic (exact) mass is 567 g/mol. The van der Waals surface area contributed by atoms with E-state index in [4.69, 9.17) is 5.73 Å². The van der Waals surface area contributed by atoms with Crippen molar-refractivity contribution in [3.8, 4) is 0 Å². The van der Waals surface area contributed by atoms with Crippen molar-refractivity contribution in [1.82, 2.24) is 30.9 Å². The highest BCUT2D eigenvalue weighted by Gasteiger charge is 2.33. The van der Waals surface area contributed by atoms with Crippen molar-refractivity contribution in [3.05, 3.63) is 54.2 Å². The number of amides is 3. The molecule has 0 aliphatic heterocycles. The summed E-state index contributed by atoms with van der Waals surface area (Å²) in [5.41, 5.74) is 8.66. The van der Waals surface area contributed by atoms with Crippen LogP contribution in [0.15, 0.2) is 43.0 Å². The number of benzene rings is 1. The van der Waals surface area contributed by atoms with Crippen molar-refractivity contribution in [1.29, 1.82) is 0 Å². The molecule has 0 radical (unpaired) electrons. The van der Waals surface area contributed by atoms with E-state index in [-0.39, 0.29) is 31.1 Å². The van der Waals surface area contributed by atoms with Gasteiger partial charge < -0.3 is 36.8 Å². The zero-order chi connectivity index (χ0) is 30.1. The molecule has 5 atom stereocenters. The lowest BCUT2D eigenvalue weighted by Crippen LogP contribution is -2.59. The van der Waals surface area contributed by atoms with Gasteiger partial charge in [-0.1, -0.05) is 52.3 Å². The summed E-state index contributed by atoms with van der Waals surface area (Å²) in [4.78, 5) is 61.7. The topological polar surface area (TPSA) is 195 Å². The Morgan fingerprint density at radius 2 is 1.66 bits per heavy atom. The molecule has 12 nitrogen and oxygen atoms in total. The second-order valence-corrected chi connectivity index (χ2v) is 10.9. The molecule has 3 amide bonds. The number of nitrogens with one attached hydrogen (secondary N) is 5. The third-order valence-electron chi connectivity index (χ3n) is 7.18. The zero-order valence-corrected chi connectivity index (χ0v) is 23.9. The summed E-state index contributed by atoms with van der Waals surface area (Å²) in [5.74, 6) is -3.12. The molecule has 222 valence electrons. The van der Waals surface area contributed by atoms with E-state index in [0.29, 0.717) is 12.1 Å². The molecule has 3 aromatic rings. The fraction of sp³-hybridized carbons (Fsp3) is 0.483. The first-order valence-corrected chi connectivity index (χ1v) is 13.9. The molecule has 2 heterocycles. The molecule has 1 aromatic carbocycles. The summed E-state index contributed by atoms with van der Waals surface area (Å²) >= 11 is 0. The standard InChI is InChI=1S/C29H41N7O5/c1-5-17(4)25(36-26(37)21(30)11-18-13-32-22-9-7-6-8-20(18)22)28(39)34-23(12-19-14-31-15-33-19)27(38)35-24(29(40)41)10-16(2)3/h6-9,13-17,21,23-25,32H,5,10-12,30H2,1-4H3,(H,31,33)(H,34,39)(H,35,38)(H,36,37)(H,40,41). The summed E-state index contributed by atoms with van der Waals surface area (Å²) in [7, 11) is 0. The van der Waals surface area contributed by atoms with Crippen molar-refractivity contribution in [2.24, 2.45) is 17.6 Å². The highest BCUT2D eigenvalue weighted by molar-refractivity contribution is 5.94. The van der Waals surface area contributed by atoms with E-state index in [0.717, 1.165) is 16.5 Å². The molecule has 41 heavy (non-hydrogen) atoms. The van der Waals surface area contributed by atoms with Crippen molar-refractivity contribution in [3.63, 3.8) is 0 Å². The summed E-state index contributed by atoms with van der Waals surface area (Å²) in [6, 6.07) is 3.60. The van der Waals surface area contributed by atoms with Crippen LogP contribution in [0.25, 0.3) is 10.9 Å². The highest BCUT2D eigenvalue weighted by Crippen LogP contribution is 2.19. The second-order valence-electron chi connectivity index (χ2n) is 10.9. The summed E-state index contributed by atoms with van der Waals surface area (Å²) in [5, 5.41) is 18.6. The van der Waals surface area contributed by atoms with Crippen molar-refractivity contribution >= 4 is 34.6 Å². The minimum absolute atomic E-state index is 0.0236. The maximum Gasteiger partial charge on any atom is 0.326 e. The van der Waals surface area contributed by atoms with Crippen LogP contribution in [0, 0.1) is 11.8 Å². The van der Waals surface area contributed by atoms with E-state index in [1.54, 1.807) is 0 Å². The molecule has 0 aliphatic carbocycles. The molecule has 0 aliphatic rings. The van der Waals surface area contributed by atoms with E-state index in [9.17, 15) is 24.3 Å². The number of carboxylic acids is 1. The Hall–Kier alpha value is -4.19. The maximum absolute atomic E-state index is 13.5. The van der Waals surface area contributed by atoms with E-state index < -0.39 is 47.9 Å². The molecule has 0 fully saturated rings. The predicted octanol–water partition coefficient (Wildman–Crippen LogP) is 1.63. The van der Waals surface area contributed by atoms with E-state index in [2.05, 4.69) is 30.9 Å². The lowest BCUT2D eigenvalue weighted by molar-refractivity contribution is -0.142. The van der Waals surface area contributed by atoms with Crippen molar-refractivity contribution in [2.45, 2.75) is 77.5 Å². The quantitative estimate of drug-likeness (QED) is 0.145. The molecule has 0 saturated heterocycles. The first-order chi connectivity index (χ1) is 19.5. The molecule has 0 saturated carbocycles. The van der Waals surface area contributed by atoms with Crippen LogP contribution in [-0.4, -0.2) is 67.9 Å². The predicted molar refractivity (Wildman–Crippen MR) is 155 cm³/mol. The second kappa shape index (κ2) is 14.4. The molecule has 8 N–H and O–H groups in total. The van der Waals surface area contributed by atoms with E-state index in [1.165, 1.54) is 12.5 Å². The number of aromatic amines is 2. The number of carbonyl (C=O) groups is 4. The number of aliphatic carboxylic acids is 1. The van der Waals surface area contributed by atoms with E-state index >= 15 is 0 Å². The highest BCUT2D eigenvalue weighted by atomic mass is 16.4. The smallest absolute Gasteiger partial charge is 0.326 e. The minimum Gasteiger partial charge on any atom is -0.480 e. The van der Waals surface area contributed by atoms with Crippen LogP contribution >= 0.6 is 0 Å². The maximum atomic E-state index is 13.5. The van der Waals surface area contributed by atoms with Crippen LogP contribution in [0.4, 0.5) is 0 Å². The van der Waals surface area contributed by atoms with E-state index in [1.807, 2.05) is 58.2 Å². The average molecular weight is 568 g/mol. The number of nitrogens with two attached hydrogens (primary N) is 1. The number of carbonyl (C=O) groups excluding carboxylic acids is 3. The van der Waals surface area contributed by atoms with Gasteiger partial charge in [0.15, 0.2) is 0 Å². The number of carboxylic acid groups (broad SMARTS) is 1. The van der Waals surface area contributed by atoms with Gasteiger partial charge in [0, 0.05) is 35.4 Å². The lowest BCUT2D eigenvalue weighted by Gasteiger charge is -2.28. The number of hydrogen-bond acceptors (Lipinski definition) is 6. The van der Waals surface area contributed by atoms with Crippen molar-refractivity contribution < 1.29 is 24.3 Å². The lowest BCUT2D eigenvalue weighted by atomic mass is 9.96. The Bertz CT molecular complexity index is 1320. The van der Waals surface area contributed by atoms with Crippen LogP contribution in [0.5, 0.6) is 0 Å². The van der Waals surface area contributed by atoms with Crippen LogP contribution < -0.4 is 21.7 Å². The zero-order valence-electron chi connectivity index (χ0n) is 23.9. The number of H-pyrrole nitrogens is 2. The van der Waals surface area contributed by atoms with Gasteiger partial charge in [-0.05, 0) is 36.3 Å². The molecule has 3 rings (SSSR count). The SMILES string of the molecule is CCC(C)C(NC(=O)C(N)Cc1c[nH]c2ccccc12)C(=O)NC(Cc1cnc[nH]1)C(=O)NC(CC(C)C)C(=O)O. The third kappa shape index (κ3) is 8.65. The van der Waals surface area contributed by atoms with Gasteiger partial charge in [0.05, 0.1) is 12.4 Å². The number of nitrogens with zero attached hydrogens (tertiary/aromatic N) is 1. The van der Waals surface area contributed by atoms with Crippen LogP contribution in [0.3, 0.4) is 0 Å². The number of para-hydroxylation sites is 1. The Kier molecular flexibility index (Phi) is 11.0. The van der Waals surface area contributed by atoms with Crippen molar-refractivity contribution in [2.75, 3.05) is 0 Å². The van der Waals surface area contributed by atoms with Gasteiger partial charge in [0.25, 0.3) is 0 Å². The molecule has 12 heteroatoms. The molecule has 5 unspecified atom stereocenters. The Labute approximate surface area is 239 Å². The average Bonchev–Trinajstić information content (AvgIpc) is 3.60. The molecule has 2 aromatic heterocycles. The van der Waals surface area contributed by atoms with Gasteiger partial charge in [0.2, 0.25) is 17.7 Å². The number of hydrogen-bond donors (Lipinski definition) is 7. The molecular formula is C29H41N7O5. The summed E-state index contributed by atoms with van der Waals surface area (Å²) in [6.07, 6.45) is 5.90. The van der Waals surface area contributed by atoms with Gasteiger partial charge in [-0.25, -0.2) is 9.78 Å². The summed E-state index contributed by atoms with van der Waals surface area (Å²) < 4.78 is 0. The van der Waals surface area contributed by atoms with Gasteiger partial charge in [-0.3, -0.25) is 14.4 Å². The first kappa shape index (κ1) is 31.3. The Balaban J connectivity index is 1.74. The van der Waals surface area contributed by atoms with Crippen LogP contribution in [0.1, 0.15) is 51.8 Å². The van der Waals surface area contributed by atoms with Gasteiger partial charge in [0.1, 0.15) is 18.1 Å². The molecule has 0 spiro atoms. The van der Waals surface area contributed by atoms with Gasteiger partial charge >= 0.3 is 5.97 Å². The summed E-state index contributed by atoms with van der Waals surface area (Å²) in [6.45, 7) is 7.42.